The molecule has 0 aromatic carbocycles. The first-order chi connectivity index (χ1) is 6.24. The Balaban J connectivity index is 2.14. The molecule has 5 heteroatoms. The lowest BCUT2D eigenvalue weighted by Gasteiger charge is -2.35. The molecular weight excluding hydrogens is 188 g/mol. The van der Waals surface area contributed by atoms with Gasteiger partial charge in [0.2, 0.25) is 5.91 Å². The first kappa shape index (κ1) is 9.30. The molecule has 0 bridgehead atoms. The molecule has 2 fully saturated rings. The Morgan fingerprint density at radius 3 is 3.08 bits per heavy atom. The van der Waals surface area contributed by atoms with Crippen LogP contribution < -0.4 is 5.73 Å². The van der Waals surface area contributed by atoms with Crippen molar-refractivity contribution < 1.29 is 9.90 Å². The third-order valence-corrected chi connectivity index (χ3v) is 4.12. The summed E-state index contributed by atoms with van der Waals surface area (Å²) in [6, 6.07) is -0.349. The molecule has 0 aromatic heterocycles. The molecule has 1 amide bonds. The molecule has 2 rings (SSSR count). The van der Waals surface area contributed by atoms with Crippen LogP contribution >= 0.6 is 11.8 Å². The average Bonchev–Trinajstić information content (AvgIpc) is 2.55. The van der Waals surface area contributed by atoms with Crippen LogP contribution in [0.4, 0.5) is 0 Å². The molecule has 0 aromatic rings. The van der Waals surface area contributed by atoms with E-state index in [1.54, 1.807) is 16.7 Å². The Bertz CT molecular complexity index is 218. The third-order valence-electron chi connectivity index (χ3n) is 2.69. The standard InChI is InChI=1S/C8H14N2O2S/c9-6-1-2-7-10(8(6)12)5(3-11)4-13-7/h5-7,11H,1-4,9H2/t5-,6+,7?/m0/s1. The van der Waals surface area contributed by atoms with Crippen LogP contribution in [-0.4, -0.2) is 45.7 Å². The second kappa shape index (κ2) is 3.48. The van der Waals surface area contributed by atoms with E-state index in [1.807, 2.05) is 0 Å². The molecule has 3 N–H and O–H groups in total. The topological polar surface area (TPSA) is 66.6 Å². The summed E-state index contributed by atoms with van der Waals surface area (Å²) in [5, 5.41) is 9.33. The van der Waals surface area contributed by atoms with E-state index in [0.29, 0.717) is 0 Å². The van der Waals surface area contributed by atoms with Gasteiger partial charge in [-0.3, -0.25) is 4.79 Å². The predicted octanol–water partition coefficient (Wildman–Crippen LogP) is -0.630. The number of hydrogen-bond donors (Lipinski definition) is 2. The van der Waals surface area contributed by atoms with Crippen molar-refractivity contribution >= 4 is 17.7 Å². The molecule has 0 aliphatic carbocycles. The Labute approximate surface area is 81.5 Å². The van der Waals surface area contributed by atoms with Gasteiger partial charge in [-0.05, 0) is 12.8 Å². The number of carbonyl (C=O) groups is 1. The van der Waals surface area contributed by atoms with E-state index < -0.39 is 0 Å². The van der Waals surface area contributed by atoms with Crippen LogP contribution in [-0.2, 0) is 4.79 Å². The fourth-order valence-electron chi connectivity index (χ4n) is 1.94. The molecule has 0 radical (unpaired) electrons. The molecule has 13 heavy (non-hydrogen) atoms. The minimum atomic E-state index is -0.344. The second-order valence-corrected chi connectivity index (χ2v) is 4.76. The van der Waals surface area contributed by atoms with Crippen molar-refractivity contribution in [2.75, 3.05) is 12.4 Å². The number of aliphatic hydroxyl groups excluding tert-OH is 1. The van der Waals surface area contributed by atoms with Gasteiger partial charge in [0.05, 0.1) is 24.1 Å². The molecule has 4 nitrogen and oxygen atoms in total. The van der Waals surface area contributed by atoms with Crippen LogP contribution in [0.25, 0.3) is 0 Å². The molecule has 2 aliphatic rings. The largest absolute Gasteiger partial charge is 0.394 e. The molecule has 0 saturated carbocycles. The minimum Gasteiger partial charge on any atom is -0.394 e. The second-order valence-electron chi connectivity index (χ2n) is 3.55. The van der Waals surface area contributed by atoms with Crippen LogP contribution in [0, 0.1) is 0 Å². The van der Waals surface area contributed by atoms with Crippen molar-refractivity contribution in [1.29, 1.82) is 0 Å². The lowest BCUT2D eigenvalue weighted by Crippen LogP contribution is -2.54. The van der Waals surface area contributed by atoms with Crippen molar-refractivity contribution in [2.24, 2.45) is 5.73 Å². The first-order valence-electron chi connectivity index (χ1n) is 4.54. The van der Waals surface area contributed by atoms with E-state index in [0.717, 1.165) is 18.6 Å². The number of nitrogens with two attached hydrogens (primary N) is 1. The lowest BCUT2D eigenvalue weighted by molar-refractivity contribution is -0.138. The fourth-order valence-corrected chi connectivity index (χ4v) is 3.39. The molecule has 0 spiro atoms. The summed E-state index contributed by atoms with van der Waals surface area (Å²) in [4.78, 5) is 13.4. The molecule has 2 saturated heterocycles. The number of carbonyl (C=O) groups excluding carboxylic acids is 1. The Morgan fingerprint density at radius 1 is 1.62 bits per heavy atom. The van der Waals surface area contributed by atoms with Gasteiger partial charge < -0.3 is 15.7 Å². The molecule has 74 valence electrons. The van der Waals surface area contributed by atoms with Gasteiger partial charge in [0, 0.05) is 5.75 Å². The summed E-state index contributed by atoms with van der Waals surface area (Å²) in [6.45, 7) is 0.0575. The van der Waals surface area contributed by atoms with E-state index in [1.165, 1.54) is 0 Å². The molecular formula is C8H14N2O2S. The van der Waals surface area contributed by atoms with E-state index in [9.17, 15) is 4.79 Å². The van der Waals surface area contributed by atoms with Crippen molar-refractivity contribution in [3.05, 3.63) is 0 Å². The number of piperidine rings is 1. The number of fused-ring (bicyclic) bond motifs is 1. The van der Waals surface area contributed by atoms with Crippen molar-refractivity contribution in [2.45, 2.75) is 30.3 Å². The highest BCUT2D eigenvalue weighted by Crippen LogP contribution is 2.35. The average molecular weight is 202 g/mol. The maximum Gasteiger partial charge on any atom is 0.240 e. The number of rotatable bonds is 1. The van der Waals surface area contributed by atoms with Gasteiger partial charge in [0.25, 0.3) is 0 Å². The number of nitrogens with zero attached hydrogens (tertiary/aromatic N) is 1. The van der Waals surface area contributed by atoms with Crippen molar-refractivity contribution in [1.82, 2.24) is 4.90 Å². The highest BCUT2D eigenvalue weighted by atomic mass is 32.2. The summed E-state index contributed by atoms with van der Waals surface area (Å²) < 4.78 is 0. The fraction of sp³-hybridized carbons (Fsp3) is 0.875. The van der Waals surface area contributed by atoms with Crippen LogP contribution in [0.3, 0.4) is 0 Å². The van der Waals surface area contributed by atoms with Crippen LogP contribution in [0.15, 0.2) is 0 Å². The van der Waals surface area contributed by atoms with E-state index in [-0.39, 0.29) is 30.0 Å². The minimum absolute atomic E-state index is 0.00569. The zero-order valence-corrected chi connectivity index (χ0v) is 8.17. The Hall–Kier alpha value is -0.260. The lowest BCUT2D eigenvalue weighted by atomic mass is 10.0. The molecule has 3 atom stereocenters. The van der Waals surface area contributed by atoms with Gasteiger partial charge >= 0.3 is 0 Å². The van der Waals surface area contributed by atoms with Gasteiger partial charge in [0.15, 0.2) is 0 Å². The quantitative estimate of drug-likeness (QED) is 0.594. The molecule has 2 aliphatic heterocycles. The van der Waals surface area contributed by atoms with Gasteiger partial charge in [0.1, 0.15) is 0 Å². The summed E-state index contributed by atoms with van der Waals surface area (Å²) in [5.41, 5.74) is 5.67. The van der Waals surface area contributed by atoms with Gasteiger partial charge in [-0.2, -0.15) is 0 Å². The third kappa shape index (κ3) is 1.45. The SMILES string of the molecule is N[C@@H]1CCC2SC[C@H](CO)N2C1=O. The van der Waals surface area contributed by atoms with E-state index in [4.69, 9.17) is 10.8 Å². The first-order valence-corrected chi connectivity index (χ1v) is 5.59. The van der Waals surface area contributed by atoms with Gasteiger partial charge in [-0.15, -0.1) is 11.8 Å². The summed E-state index contributed by atoms with van der Waals surface area (Å²) in [5.74, 6) is 0.861. The Morgan fingerprint density at radius 2 is 2.38 bits per heavy atom. The van der Waals surface area contributed by atoms with Crippen molar-refractivity contribution in [3.8, 4) is 0 Å². The zero-order valence-electron chi connectivity index (χ0n) is 7.35. The zero-order chi connectivity index (χ0) is 9.42. The molecule has 1 unspecified atom stereocenters. The highest BCUT2D eigenvalue weighted by molar-refractivity contribution is 8.00. The van der Waals surface area contributed by atoms with Crippen LogP contribution in [0.5, 0.6) is 0 Å². The normalized spacial score (nSPS) is 39.4. The summed E-state index contributed by atoms with van der Waals surface area (Å²) in [6.07, 6.45) is 1.75. The number of aliphatic hydroxyl groups is 1. The van der Waals surface area contributed by atoms with E-state index in [2.05, 4.69) is 0 Å². The maximum absolute atomic E-state index is 11.7. The predicted molar refractivity (Wildman–Crippen MR) is 51.2 cm³/mol. The highest BCUT2D eigenvalue weighted by Gasteiger charge is 2.42. The Kier molecular flexibility index (Phi) is 2.49. The summed E-state index contributed by atoms with van der Waals surface area (Å²) in [7, 11) is 0. The summed E-state index contributed by atoms with van der Waals surface area (Å²) >= 11 is 1.75. The maximum atomic E-state index is 11.7. The van der Waals surface area contributed by atoms with Crippen LogP contribution in [0.1, 0.15) is 12.8 Å². The van der Waals surface area contributed by atoms with Crippen LogP contribution in [0.2, 0.25) is 0 Å². The van der Waals surface area contributed by atoms with Crippen molar-refractivity contribution in [3.63, 3.8) is 0 Å². The van der Waals surface area contributed by atoms with Gasteiger partial charge in [-0.1, -0.05) is 0 Å². The molecule has 2 heterocycles. The smallest absolute Gasteiger partial charge is 0.240 e. The number of hydrogen-bond acceptors (Lipinski definition) is 4. The van der Waals surface area contributed by atoms with Gasteiger partial charge in [-0.25, -0.2) is 0 Å². The number of amides is 1. The number of thioether (sulfide) groups is 1. The van der Waals surface area contributed by atoms with E-state index >= 15 is 0 Å². The monoisotopic (exact) mass is 202 g/mol.